The minimum Gasteiger partial charge on any atom is -0.495 e. The molecule has 3 aromatic heterocycles. The smallest absolute Gasteiger partial charge is 0.329 e. The molecule has 0 fully saturated rings. The summed E-state index contributed by atoms with van der Waals surface area (Å²) in [6, 6.07) is 5.50. The second-order valence-corrected chi connectivity index (χ2v) is 6.88. The van der Waals surface area contributed by atoms with E-state index < -0.39 is 11.2 Å². The summed E-state index contributed by atoms with van der Waals surface area (Å²) >= 11 is 6.15. The molecule has 28 heavy (non-hydrogen) atoms. The van der Waals surface area contributed by atoms with Crippen LogP contribution in [0, 0.1) is 6.92 Å². The van der Waals surface area contributed by atoms with E-state index in [0.717, 1.165) is 11.4 Å². The maximum Gasteiger partial charge on any atom is 0.329 e. The van der Waals surface area contributed by atoms with Gasteiger partial charge < -0.3 is 14.6 Å². The monoisotopic (exact) mass is 402 g/mol. The first-order valence-electron chi connectivity index (χ1n) is 8.65. The van der Waals surface area contributed by atoms with E-state index in [1.54, 1.807) is 30.7 Å². The standard InChI is InChI=1S/C18H19ClN6O3/c1-10-9-25-14-15(23(2)18(27)22-16(14)26)21-17(25)24(10)7-6-20-11-4-5-13(28-3)12(19)8-11/h4-5,8-9,20H,6-7H2,1-3H3,(H,22,26,27). The van der Waals surface area contributed by atoms with Crippen LogP contribution < -0.4 is 21.3 Å². The Balaban J connectivity index is 1.65. The molecule has 4 rings (SSSR count). The van der Waals surface area contributed by atoms with Gasteiger partial charge in [-0.05, 0) is 25.1 Å². The summed E-state index contributed by atoms with van der Waals surface area (Å²) < 4.78 is 10.2. The molecule has 0 unspecified atom stereocenters. The SMILES string of the molecule is COc1ccc(NCCn2c(C)cn3c4c(=O)[nH]c(=O)n(C)c4nc23)cc1Cl. The normalized spacial score (nSPS) is 11.4. The fraction of sp³-hybridized carbons (Fsp3) is 0.278. The van der Waals surface area contributed by atoms with E-state index in [1.165, 1.54) is 4.57 Å². The summed E-state index contributed by atoms with van der Waals surface area (Å²) in [5, 5.41) is 3.85. The average molecular weight is 403 g/mol. The van der Waals surface area contributed by atoms with E-state index >= 15 is 0 Å². The van der Waals surface area contributed by atoms with Crippen LogP contribution in [-0.4, -0.2) is 37.2 Å². The van der Waals surface area contributed by atoms with Crippen LogP contribution in [0.1, 0.15) is 5.69 Å². The third-order valence-electron chi connectivity index (χ3n) is 4.73. The molecular formula is C18H19ClN6O3. The van der Waals surface area contributed by atoms with E-state index in [2.05, 4.69) is 15.3 Å². The Hall–Kier alpha value is -3.20. The van der Waals surface area contributed by atoms with Crippen molar-refractivity contribution in [3.05, 3.63) is 56.0 Å². The third kappa shape index (κ3) is 2.84. The lowest BCUT2D eigenvalue weighted by Gasteiger charge is -2.10. The first kappa shape index (κ1) is 18.2. The minimum atomic E-state index is -0.487. The highest BCUT2D eigenvalue weighted by Gasteiger charge is 2.17. The number of halogens is 1. The zero-order chi connectivity index (χ0) is 20.0. The molecule has 0 radical (unpaired) electrons. The number of imidazole rings is 2. The van der Waals surface area contributed by atoms with Crippen molar-refractivity contribution in [3.8, 4) is 5.75 Å². The van der Waals surface area contributed by atoms with Gasteiger partial charge in [0, 0.05) is 37.7 Å². The van der Waals surface area contributed by atoms with E-state index in [9.17, 15) is 9.59 Å². The minimum absolute atomic E-state index is 0.354. The van der Waals surface area contributed by atoms with Crippen LogP contribution in [0.25, 0.3) is 16.9 Å². The maximum absolute atomic E-state index is 12.3. The molecule has 9 nitrogen and oxygen atoms in total. The predicted molar refractivity (Wildman–Crippen MR) is 108 cm³/mol. The van der Waals surface area contributed by atoms with Crippen LogP contribution in [0.2, 0.25) is 5.02 Å². The fourth-order valence-corrected chi connectivity index (χ4v) is 3.54. The lowest BCUT2D eigenvalue weighted by molar-refractivity contribution is 0.415. The number of aromatic nitrogens is 5. The molecule has 0 aliphatic heterocycles. The highest BCUT2D eigenvalue weighted by molar-refractivity contribution is 6.32. The number of aryl methyl sites for hydroxylation is 2. The second-order valence-electron chi connectivity index (χ2n) is 6.47. The van der Waals surface area contributed by atoms with Crippen LogP contribution in [0.3, 0.4) is 0 Å². The zero-order valence-electron chi connectivity index (χ0n) is 15.6. The first-order chi connectivity index (χ1) is 13.4. The Kier molecular flexibility index (Phi) is 4.38. The Morgan fingerprint density at radius 1 is 1.32 bits per heavy atom. The van der Waals surface area contributed by atoms with Crippen LogP contribution in [0.15, 0.2) is 34.0 Å². The van der Waals surface area contributed by atoms with Crippen molar-refractivity contribution in [1.82, 2.24) is 23.5 Å². The van der Waals surface area contributed by atoms with Gasteiger partial charge in [0.1, 0.15) is 5.75 Å². The lowest BCUT2D eigenvalue weighted by atomic mass is 10.3. The third-order valence-corrected chi connectivity index (χ3v) is 5.03. The van der Waals surface area contributed by atoms with Gasteiger partial charge in [0.15, 0.2) is 11.2 Å². The number of aromatic amines is 1. The average Bonchev–Trinajstić information content (AvgIpc) is 3.16. The Bertz CT molecular complexity index is 1310. The first-order valence-corrected chi connectivity index (χ1v) is 9.03. The summed E-state index contributed by atoms with van der Waals surface area (Å²) in [6.07, 6.45) is 1.84. The van der Waals surface area contributed by atoms with E-state index in [-0.39, 0.29) is 0 Å². The van der Waals surface area contributed by atoms with Gasteiger partial charge in [0.2, 0.25) is 5.78 Å². The van der Waals surface area contributed by atoms with Gasteiger partial charge in [-0.3, -0.25) is 18.7 Å². The maximum atomic E-state index is 12.3. The Labute approximate surface area is 164 Å². The molecule has 3 heterocycles. The van der Waals surface area contributed by atoms with Crippen LogP contribution in [0.5, 0.6) is 5.75 Å². The number of fused-ring (bicyclic) bond motifs is 3. The molecule has 10 heteroatoms. The highest BCUT2D eigenvalue weighted by atomic mass is 35.5. The molecule has 0 atom stereocenters. The van der Waals surface area contributed by atoms with Crippen molar-refractivity contribution in [3.63, 3.8) is 0 Å². The number of ether oxygens (including phenoxy) is 1. The number of rotatable bonds is 5. The van der Waals surface area contributed by atoms with E-state index in [1.807, 2.05) is 23.8 Å². The van der Waals surface area contributed by atoms with Crippen LogP contribution >= 0.6 is 11.6 Å². The number of methoxy groups -OCH3 is 1. The van der Waals surface area contributed by atoms with Gasteiger partial charge >= 0.3 is 5.69 Å². The number of benzene rings is 1. The molecular weight excluding hydrogens is 384 g/mol. The number of anilines is 1. The van der Waals surface area contributed by atoms with Gasteiger partial charge in [-0.25, -0.2) is 4.79 Å². The number of nitrogens with one attached hydrogen (secondary N) is 2. The number of hydrogen-bond donors (Lipinski definition) is 2. The highest BCUT2D eigenvalue weighted by Crippen LogP contribution is 2.27. The Morgan fingerprint density at radius 3 is 2.82 bits per heavy atom. The molecule has 0 saturated heterocycles. The van der Waals surface area contributed by atoms with Crippen molar-refractivity contribution in [2.45, 2.75) is 13.5 Å². The molecule has 2 N–H and O–H groups in total. The summed E-state index contributed by atoms with van der Waals surface area (Å²) in [6.45, 7) is 3.18. The fourth-order valence-electron chi connectivity index (χ4n) is 3.28. The summed E-state index contributed by atoms with van der Waals surface area (Å²) in [5.41, 5.74) is 1.60. The largest absolute Gasteiger partial charge is 0.495 e. The summed E-state index contributed by atoms with van der Waals surface area (Å²) in [7, 11) is 3.16. The quantitative estimate of drug-likeness (QED) is 0.530. The predicted octanol–water partition coefficient (Wildman–Crippen LogP) is 1.76. The van der Waals surface area contributed by atoms with Crippen LogP contribution in [0.4, 0.5) is 5.69 Å². The molecule has 1 aromatic carbocycles. The number of hydrogen-bond acceptors (Lipinski definition) is 5. The van der Waals surface area contributed by atoms with Crippen molar-refractivity contribution in [2.24, 2.45) is 7.05 Å². The second kappa shape index (κ2) is 6.75. The van der Waals surface area contributed by atoms with Crippen molar-refractivity contribution in [2.75, 3.05) is 19.0 Å². The number of nitrogens with zero attached hydrogens (tertiary/aromatic N) is 4. The number of H-pyrrole nitrogens is 1. The molecule has 0 amide bonds. The van der Waals surface area contributed by atoms with Gasteiger partial charge in [-0.1, -0.05) is 11.6 Å². The van der Waals surface area contributed by atoms with Crippen molar-refractivity contribution < 1.29 is 4.74 Å². The summed E-state index contributed by atoms with van der Waals surface area (Å²) in [5.74, 6) is 1.23. The molecule has 146 valence electrons. The van der Waals surface area contributed by atoms with Gasteiger partial charge in [-0.15, -0.1) is 0 Å². The topological polar surface area (TPSA) is 98.4 Å². The van der Waals surface area contributed by atoms with Crippen molar-refractivity contribution >= 4 is 34.2 Å². The molecule has 4 aromatic rings. The lowest BCUT2D eigenvalue weighted by Crippen LogP contribution is -2.28. The van der Waals surface area contributed by atoms with Crippen LogP contribution in [-0.2, 0) is 13.6 Å². The van der Waals surface area contributed by atoms with E-state index in [4.69, 9.17) is 16.3 Å². The Morgan fingerprint density at radius 2 is 2.11 bits per heavy atom. The summed E-state index contributed by atoms with van der Waals surface area (Å²) in [4.78, 5) is 30.9. The molecule has 0 bridgehead atoms. The molecule has 0 aliphatic carbocycles. The van der Waals surface area contributed by atoms with Gasteiger partial charge in [-0.2, -0.15) is 4.98 Å². The van der Waals surface area contributed by atoms with Gasteiger partial charge in [0.25, 0.3) is 5.56 Å². The molecule has 0 aliphatic rings. The molecule has 0 spiro atoms. The van der Waals surface area contributed by atoms with Crippen molar-refractivity contribution in [1.29, 1.82) is 0 Å². The molecule has 0 saturated carbocycles. The van der Waals surface area contributed by atoms with E-state index in [0.29, 0.717) is 40.8 Å². The van der Waals surface area contributed by atoms with Gasteiger partial charge in [0.05, 0.1) is 12.1 Å². The zero-order valence-corrected chi connectivity index (χ0v) is 16.4.